The summed E-state index contributed by atoms with van der Waals surface area (Å²) in [5.74, 6) is -0.924. The van der Waals surface area contributed by atoms with Crippen LogP contribution in [0.4, 0.5) is 0 Å². The van der Waals surface area contributed by atoms with Gasteiger partial charge in [0.05, 0.1) is 0 Å². The van der Waals surface area contributed by atoms with Crippen LogP contribution in [-0.4, -0.2) is 41.7 Å². The van der Waals surface area contributed by atoms with Crippen LogP contribution in [0.25, 0.3) is 0 Å². The number of hydrogen-bond acceptors (Lipinski definition) is 3. The van der Waals surface area contributed by atoms with Crippen LogP contribution in [0, 0.1) is 0 Å². The lowest BCUT2D eigenvalue weighted by Crippen LogP contribution is -2.44. The van der Waals surface area contributed by atoms with Crippen molar-refractivity contribution in [3.8, 4) is 0 Å². The third kappa shape index (κ3) is 3.16. The van der Waals surface area contributed by atoms with Gasteiger partial charge in [-0.25, -0.2) is 0 Å². The predicted octanol–water partition coefficient (Wildman–Crippen LogP) is 0.0503. The van der Waals surface area contributed by atoms with Gasteiger partial charge in [-0.05, 0) is 13.3 Å². The van der Waals surface area contributed by atoms with Gasteiger partial charge in [-0.2, -0.15) is 0 Å². The molecule has 1 atom stereocenters. The summed E-state index contributed by atoms with van der Waals surface area (Å²) < 4.78 is 0. The highest BCUT2D eigenvalue weighted by Gasteiger charge is 2.17. The molecule has 4 nitrogen and oxygen atoms in total. The molecular formula is C9H16N2O2. The number of nitrogens with two attached hydrogens (primary N) is 1. The molecule has 1 rings (SSSR count). The van der Waals surface area contributed by atoms with E-state index in [0.29, 0.717) is 6.54 Å². The molecule has 74 valence electrons. The molecule has 4 heteroatoms. The Bertz CT molecular complexity index is 226. The highest BCUT2D eigenvalue weighted by atomic mass is 16.4. The van der Waals surface area contributed by atoms with Crippen LogP contribution >= 0.6 is 0 Å². The van der Waals surface area contributed by atoms with E-state index in [1.807, 2.05) is 0 Å². The Morgan fingerprint density at radius 2 is 2.54 bits per heavy atom. The maximum absolute atomic E-state index is 10.5. The summed E-state index contributed by atoms with van der Waals surface area (Å²) >= 11 is 0. The van der Waals surface area contributed by atoms with Crippen molar-refractivity contribution in [3.05, 3.63) is 11.6 Å². The Hall–Kier alpha value is -0.870. The minimum atomic E-state index is -0.924. The summed E-state index contributed by atoms with van der Waals surface area (Å²) in [5.41, 5.74) is 6.73. The van der Waals surface area contributed by atoms with E-state index in [2.05, 4.69) is 17.9 Å². The van der Waals surface area contributed by atoms with Crippen molar-refractivity contribution < 1.29 is 9.90 Å². The van der Waals surface area contributed by atoms with Crippen molar-refractivity contribution in [2.75, 3.05) is 19.6 Å². The Balaban J connectivity index is 2.38. The molecule has 1 heterocycles. The lowest BCUT2D eigenvalue weighted by molar-refractivity contribution is -0.139. The van der Waals surface area contributed by atoms with Gasteiger partial charge in [0.15, 0.2) is 0 Å². The zero-order valence-corrected chi connectivity index (χ0v) is 7.86. The smallest absolute Gasteiger partial charge is 0.321 e. The molecule has 1 unspecified atom stereocenters. The number of aliphatic carboxylic acids is 1. The molecule has 0 spiro atoms. The van der Waals surface area contributed by atoms with Gasteiger partial charge in [0.1, 0.15) is 6.04 Å². The van der Waals surface area contributed by atoms with Gasteiger partial charge in [-0.15, -0.1) is 0 Å². The fourth-order valence-electron chi connectivity index (χ4n) is 1.50. The molecule has 1 aliphatic heterocycles. The summed E-state index contributed by atoms with van der Waals surface area (Å²) in [4.78, 5) is 12.6. The van der Waals surface area contributed by atoms with Gasteiger partial charge in [0, 0.05) is 19.6 Å². The average molecular weight is 184 g/mol. The number of nitrogens with zero attached hydrogens (tertiary/aromatic N) is 1. The van der Waals surface area contributed by atoms with E-state index < -0.39 is 12.0 Å². The molecule has 1 aliphatic rings. The van der Waals surface area contributed by atoms with E-state index in [1.54, 1.807) is 0 Å². The lowest BCUT2D eigenvalue weighted by atomic mass is 10.1. The van der Waals surface area contributed by atoms with Crippen molar-refractivity contribution in [2.45, 2.75) is 19.4 Å². The number of carbonyl (C=O) groups is 1. The first kappa shape index (κ1) is 10.2. The maximum Gasteiger partial charge on any atom is 0.321 e. The minimum absolute atomic E-state index is 0.445. The quantitative estimate of drug-likeness (QED) is 0.608. The van der Waals surface area contributed by atoms with E-state index in [1.165, 1.54) is 5.57 Å². The molecule has 0 radical (unpaired) electrons. The van der Waals surface area contributed by atoms with Crippen LogP contribution in [0.1, 0.15) is 13.3 Å². The van der Waals surface area contributed by atoms with E-state index in [-0.39, 0.29) is 0 Å². The molecule has 13 heavy (non-hydrogen) atoms. The molecule has 0 saturated carbocycles. The first-order valence-electron chi connectivity index (χ1n) is 4.46. The second-order valence-electron chi connectivity index (χ2n) is 3.52. The van der Waals surface area contributed by atoms with Crippen LogP contribution in [0.2, 0.25) is 0 Å². The molecule has 0 bridgehead atoms. The summed E-state index contributed by atoms with van der Waals surface area (Å²) in [5, 5.41) is 8.61. The second-order valence-corrected chi connectivity index (χ2v) is 3.52. The van der Waals surface area contributed by atoms with Crippen molar-refractivity contribution in [3.63, 3.8) is 0 Å². The monoisotopic (exact) mass is 184 g/mol. The highest BCUT2D eigenvalue weighted by molar-refractivity contribution is 5.73. The van der Waals surface area contributed by atoms with Crippen LogP contribution in [0.3, 0.4) is 0 Å². The third-order valence-electron chi connectivity index (χ3n) is 2.18. The van der Waals surface area contributed by atoms with Crippen LogP contribution in [-0.2, 0) is 4.79 Å². The van der Waals surface area contributed by atoms with Gasteiger partial charge >= 0.3 is 5.97 Å². The number of carboxylic acid groups (broad SMARTS) is 1. The van der Waals surface area contributed by atoms with Gasteiger partial charge in [-0.1, -0.05) is 11.6 Å². The summed E-state index contributed by atoms with van der Waals surface area (Å²) in [7, 11) is 0. The van der Waals surface area contributed by atoms with Crippen LogP contribution in [0.15, 0.2) is 11.6 Å². The summed E-state index contributed by atoms with van der Waals surface area (Å²) in [6.07, 6.45) is 3.18. The maximum atomic E-state index is 10.5. The zero-order chi connectivity index (χ0) is 9.84. The number of hydrogen-bond donors (Lipinski definition) is 2. The fraction of sp³-hybridized carbons (Fsp3) is 0.667. The molecule has 0 aromatic carbocycles. The second kappa shape index (κ2) is 4.39. The Kier molecular flexibility index (Phi) is 3.45. The third-order valence-corrected chi connectivity index (χ3v) is 2.18. The number of carboxylic acids is 1. The average Bonchev–Trinajstić information content (AvgIpc) is 2.04. The van der Waals surface area contributed by atoms with Gasteiger partial charge < -0.3 is 10.8 Å². The van der Waals surface area contributed by atoms with Crippen molar-refractivity contribution in [1.82, 2.24) is 4.90 Å². The Labute approximate surface area is 78.0 Å². The van der Waals surface area contributed by atoms with Crippen LogP contribution in [0.5, 0.6) is 0 Å². The molecule has 0 aromatic heterocycles. The SMILES string of the molecule is CC1=CCCN(CC(N)C(=O)O)C1. The number of rotatable bonds is 3. The van der Waals surface area contributed by atoms with Crippen molar-refractivity contribution >= 4 is 5.97 Å². The normalized spacial score (nSPS) is 20.9. The van der Waals surface area contributed by atoms with Crippen molar-refractivity contribution in [1.29, 1.82) is 0 Å². The molecule has 0 aliphatic carbocycles. The molecule has 0 saturated heterocycles. The fourth-order valence-corrected chi connectivity index (χ4v) is 1.50. The lowest BCUT2D eigenvalue weighted by Gasteiger charge is -2.27. The van der Waals surface area contributed by atoms with Gasteiger partial charge in [0.25, 0.3) is 0 Å². The van der Waals surface area contributed by atoms with E-state index in [0.717, 1.165) is 19.5 Å². The molecule has 0 amide bonds. The van der Waals surface area contributed by atoms with Gasteiger partial charge in [-0.3, -0.25) is 9.69 Å². The summed E-state index contributed by atoms with van der Waals surface area (Å²) in [6.45, 7) is 4.26. The molecule has 0 aromatic rings. The van der Waals surface area contributed by atoms with Gasteiger partial charge in [0.2, 0.25) is 0 Å². The molecule has 3 N–H and O–H groups in total. The van der Waals surface area contributed by atoms with Crippen LogP contribution < -0.4 is 5.73 Å². The zero-order valence-electron chi connectivity index (χ0n) is 7.86. The first-order valence-corrected chi connectivity index (χ1v) is 4.46. The standard InChI is InChI=1S/C9H16N2O2/c1-7-3-2-4-11(5-7)6-8(10)9(12)13/h3,8H,2,4-6,10H2,1H3,(H,12,13). The van der Waals surface area contributed by atoms with E-state index in [4.69, 9.17) is 10.8 Å². The highest BCUT2D eigenvalue weighted by Crippen LogP contribution is 2.08. The predicted molar refractivity (Wildman–Crippen MR) is 50.4 cm³/mol. The van der Waals surface area contributed by atoms with E-state index >= 15 is 0 Å². The van der Waals surface area contributed by atoms with Crippen molar-refractivity contribution in [2.24, 2.45) is 5.73 Å². The Morgan fingerprint density at radius 1 is 1.85 bits per heavy atom. The summed E-state index contributed by atoms with van der Waals surface area (Å²) in [6, 6.07) is -0.758. The molecule has 0 fully saturated rings. The minimum Gasteiger partial charge on any atom is -0.480 e. The van der Waals surface area contributed by atoms with E-state index in [9.17, 15) is 4.79 Å². The molecular weight excluding hydrogens is 168 g/mol. The topological polar surface area (TPSA) is 66.6 Å². The Morgan fingerprint density at radius 3 is 3.08 bits per heavy atom. The first-order chi connectivity index (χ1) is 6.09. The largest absolute Gasteiger partial charge is 0.480 e.